The van der Waals surface area contributed by atoms with Crippen LogP contribution in [0.25, 0.3) is 0 Å². The highest BCUT2D eigenvalue weighted by atomic mass is 32.2. The molecule has 8 nitrogen and oxygen atoms in total. The van der Waals surface area contributed by atoms with Gasteiger partial charge in [0.2, 0.25) is 15.9 Å². The Hall–Kier alpha value is -2.72. The van der Waals surface area contributed by atoms with Crippen LogP contribution in [-0.4, -0.2) is 42.2 Å². The number of nitrogens with two attached hydrogens (primary N) is 1. The van der Waals surface area contributed by atoms with Gasteiger partial charge in [0.1, 0.15) is 16.4 Å². The van der Waals surface area contributed by atoms with Crippen molar-refractivity contribution in [2.24, 2.45) is 18.7 Å². The van der Waals surface area contributed by atoms with Gasteiger partial charge in [-0.1, -0.05) is 12.1 Å². The van der Waals surface area contributed by atoms with Gasteiger partial charge in [0, 0.05) is 32.3 Å². The van der Waals surface area contributed by atoms with E-state index in [1.54, 1.807) is 13.1 Å². The first-order chi connectivity index (χ1) is 13.2. The van der Waals surface area contributed by atoms with E-state index in [0.29, 0.717) is 12.8 Å². The van der Waals surface area contributed by atoms with Gasteiger partial charge in [-0.25, -0.2) is 12.8 Å². The number of carbonyl (C=O) groups excluding carboxylic acids is 2. The first kappa shape index (κ1) is 20.0. The van der Waals surface area contributed by atoms with E-state index in [2.05, 4.69) is 5.32 Å². The van der Waals surface area contributed by atoms with Gasteiger partial charge < -0.3 is 15.6 Å². The van der Waals surface area contributed by atoms with Crippen LogP contribution >= 0.6 is 0 Å². The molecule has 10 heteroatoms. The average molecular weight is 408 g/mol. The summed E-state index contributed by atoms with van der Waals surface area (Å²) in [5, 5.41) is 2.55. The van der Waals surface area contributed by atoms with Gasteiger partial charge in [-0.3, -0.25) is 9.59 Å². The number of primary amides is 1. The lowest BCUT2D eigenvalue weighted by molar-refractivity contribution is -0.120. The van der Waals surface area contributed by atoms with Crippen molar-refractivity contribution < 1.29 is 22.4 Å². The van der Waals surface area contributed by atoms with Crippen molar-refractivity contribution in [3.05, 3.63) is 48.0 Å². The molecule has 1 saturated heterocycles. The smallest absolute Gasteiger partial charge is 0.265 e. The van der Waals surface area contributed by atoms with Gasteiger partial charge in [-0.15, -0.1) is 0 Å². The largest absolute Gasteiger partial charge is 0.364 e. The van der Waals surface area contributed by atoms with Crippen LogP contribution in [0.5, 0.6) is 0 Å². The third-order valence-electron chi connectivity index (χ3n) is 4.83. The van der Waals surface area contributed by atoms with E-state index in [-0.39, 0.29) is 35.3 Å². The fourth-order valence-electron chi connectivity index (χ4n) is 3.23. The van der Waals surface area contributed by atoms with Crippen LogP contribution in [0.15, 0.2) is 41.4 Å². The number of amides is 2. The topological polar surface area (TPSA) is 114 Å². The molecule has 2 heterocycles. The van der Waals surface area contributed by atoms with Crippen molar-refractivity contribution in [2.75, 3.05) is 18.4 Å². The molecule has 28 heavy (non-hydrogen) atoms. The van der Waals surface area contributed by atoms with E-state index in [1.165, 1.54) is 39.3 Å². The molecule has 2 aromatic rings. The van der Waals surface area contributed by atoms with E-state index in [1.807, 2.05) is 0 Å². The Morgan fingerprint density at radius 1 is 1.21 bits per heavy atom. The standard InChI is InChI=1S/C18H21FN4O4S/c1-22-11-13(10-16(22)17(20)24)28(26,27)23-8-6-12(7-9-23)18(25)21-15-5-3-2-4-14(15)19/h2-5,10-12H,6-9H2,1H3,(H2,20,24)(H,21,25). The number of nitrogens with zero attached hydrogens (tertiary/aromatic N) is 2. The maximum atomic E-state index is 13.7. The second-order valence-electron chi connectivity index (χ2n) is 6.68. The fraction of sp³-hybridized carbons (Fsp3) is 0.333. The predicted octanol–water partition coefficient (Wildman–Crippen LogP) is 1.30. The molecule has 1 aliphatic heterocycles. The molecule has 0 unspecified atom stereocenters. The lowest BCUT2D eigenvalue weighted by Gasteiger charge is -2.30. The summed E-state index contributed by atoms with van der Waals surface area (Å²) in [6, 6.07) is 7.12. The maximum Gasteiger partial charge on any atom is 0.265 e. The number of nitrogens with one attached hydrogen (secondary N) is 1. The highest BCUT2D eigenvalue weighted by Gasteiger charge is 2.33. The number of aromatic nitrogens is 1. The van der Waals surface area contributed by atoms with Gasteiger partial charge in [0.15, 0.2) is 0 Å². The number of anilines is 1. The molecule has 3 N–H and O–H groups in total. The number of para-hydroxylation sites is 1. The van der Waals surface area contributed by atoms with Crippen LogP contribution in [0.3, 0.4) is 0 Å². The Morgan fingerprint density at radius 3 is 2.43 bits per heavy atom. The zero-order chi connectivity index (χ0) is 20.5. The van der Waals surface area contributed by atoms with Crippen molar-refractivity contribution >= 4 is 27.5 Å². The van der Waals surface area contributed by atoms with Crippen molar-refractivity contribution in [1.82, 2.24) is 8.87 Å². The molecule has 3 rings (SSSR count). The van der Waals surface area contributed by atoms with Crippen molar-refractivity contribution in [2.45, 2.75) is 17.7 Å². The number of hydrogen-bond acceptors (Lipinski definition) is 4. The molecule has 150 valence electrons. The van der Waals surface area contributed by atoms with E-state index in [0.717, 1.165) is 0 Å². The minimum absolute atomic E-state index is 0.0157. The molecule has 0 bridgehead atoms. The predicted molar refractivity (Wildman–Crippen MR) is 100 cm³/mol. The molecule has 0 atom stereocenters. The molecule has 1 fully saturated rings. The van der Waals surface area contributed by atoms with Gasteiger partial charge in [0.25, 0.3) is 5.91 Å². The molecule has 1 aromatic carbocycles. The van der Waals surface area contributed by atoms with Crippen LogP contribution in [0.4, 0.5) is 10.1 Å². The molecule has 0 saturated carbocycles. The van der Waals surface area contributed by atoms with E-state index >= 15 is 0 Å². The monoisotopic (exact) mass is 408 g/mol. The lowest BCUT2D eigenvalue weighted by Crippen LogP contribution is -2.41. The number of halogens is 1. The Kier molecular flexibility index (Phi) is 5.52. The first-order valence-corrected chi connectivity index (χ1v) is 10.2. The number of piperidine rings is 1. The molecular weight excluding hydrogens is 387 g/mol. The van der Waals surface area contributed by atoms with Crippen molar-refractivity contribution in [3.63, 3.8) is 0 Å². The zero-order valence-electron chi connectivity index (χ0n) is 15.3. The Bertz CT molecular complexity index is 1010. The van der Waals surface area contributed by atoms with Crippen LogP contribution in [0.2, 0.25) is 0 Å². The summed E-state index contributed by atoms with van der Waals surface area (Å²) in [7, 11) is -2.26. The van der Waals surface area contributed by atoms with Gasteiger partial charge in [-0.05, 0) is 31.0 Å². The summed E-state index contributed by atoms with van der Waals surface area (Å²) >= 11 is 0. The quantitative estimate of drug-likeness (QED) is 0.776. The second kappa shape index (κ2) is 7.72. The Morgan fingerprint density at radius 2 is 1.86 bits per heavy atom. The average Bonchev–Trinajstić information content (AvgIpc) is 3.06. The Balaban J connectivity index is 1.66. The summed E-state index contributed by atoms with van der Waals surface area (Å²) in [6.45, 7) is 0.303. The number of hydrogen-bond donors (Lipinski definition) is 2. The van der Waals surface area contributed by atoms with Crippen molar-refractivity contribution in [3.8, 4) is 0 Å². The summed E-state index contributed by atoms with van der Waals surface area (Å²) in [6.07, 6.45) is 1.97. The molecular formula is C18H21FN4O4S. The molecule has 0 radical (unpaired) electrons. The third-order valence-corrected chi connectivity index (χ3v) is 6.69. The highest BCUT2D eigenvalue weighted by Crippen LogP contribution is 2.26. The minimum atomic E-state index is -3.80. The van der Waals surface area contributed by atoms with Crippen LogP contribution < -0.4 is 11.1 Å². The van der Waals surface area contributed by atoms with E-state index in [9.17, 15) is 22.4 Å². The zero-order valence-corrected chi connectivity index (χ0v) is 16.1. The lowest BCUT2D eigenvalue weighted by atomic mass is 9.97. The SMILES string of the molecule is Cn1cc(S(=O)(=O)N2CCC(C(=O)Nc3ccccc3F)CC2)cc1C(N)=O. The van der Waals surface area contributed by atoms with E-state index < -0.39 is 27.7 Å². The molecule has 1 aromatic heterocycles. The van der Waals surface area contributed by atoms with Crippen LogP contribution in [-0.2, 0) is 21.9 Å². The molecule has 0 spiro atoms. The number of carbonyl (C=O) groups is 2. The number of aryl methyl sites for hydroxylation is 1. The van der Waals surface area contributed by atoms with Gasteiger partial charge in [-0.2, -0.15) is 4.31 Å². The second-order valence-corrected chi connectivity index (χ2v) is 8.62. The number of rotatable bonds is 5. The Labute approximate surface area is 162 Å². The number of sulfonamides is 1. The summed E-state index contributed by atoms with van der Waals surface area (Å²) < 4.78 is 41.9. The normalized spacial score (nSPS) is 16.1. The van der Waals surface area contributed by atoms with Gasteiger partial charge >= 0.3 is 0 Å². The summed E-state index contributed by atoms with van der Waals surface area (Å²) in [4.78, 5) is 23.7. The molecule has 1 aliphatic rings. The minimum Gasteiger partial charge on any atom is -0.364 e. The van der Waals surface area contributed by atoms with E-state index in [4.69, 9.17) is 5.73 Å². The van der Waals surface area contributed by atoms with Crippen LogP contribution in [0.1, 0.15) is 23.3 Å². The third kappa shape index (κ3) is 3.92. The van der Waals surface area contributed by atoms with Gasteiger partial charge in [0.05, 0.1) is 5.69 Å². The highest BCUT2D eigenvalue weighted by molar-refractivity contribution is 7.89. The molecule has 2 amide bonds. The summed E-state index contributed by atoms with van der Waals surface area (Å²) in [5.74, 6) is -1.99. The number of benzene rings is 1. The summed E-state index contributed by atoms with van der Waals surface area (Å²) in [5.41, 5.74) is 5.43. The van der Waals surface area contributed by atoms with Crippen LogP contribution in [0, 0.1) is 11.7 Å². The molecule has 0 aliphatic carbocycles. The fourth-order valence-corrected chi connectivity index (χ4v) is 4.77. The van der Waals surface area contributed by atoms with Crippen molar-refractivity contribution in [1.29, 1.82) is 0 Å². The maximum absolute atomic E-state index is 13.7. The first-order valence-electron chi connectivity index (χ1n) is 8.72.